The summed E-state index contributed by atoms with van der Waals surface area (Å²) in [6, 6.07) is 9.50. The van der Waals surface area contributed by atoms with Gasteiger partial charge in [0.05, 0.1) is 5.52 Å². The molecule has 0 saturated heterocycles. The number of ketones is 1. The van der Waals surface area contributed by atoms with Crippen molar-refractivity contribution in [3.05, 3.63) is 36.5 Å². The Morgan fingerprint density at radius 3 is 2.94 bits per heavy atom. The quantitative estimate of drug-likeness (QED) is 0.809. The van der Waals surface area contributed by atoms with E-state index in [-0.39, 0.29) is 18.3 Å². The highest BCUT2D eigenvalue weighted by molar-refractivity contribution is 5.86. The summed E-state index contributed by atoms with van der Waals surface area (Å²) < 4.78 is 5.61. The monoisotopic (exact) mass is 243 g/mol. The molecular formula is C15H17NO2. The van der Waals surface area contributed by atoms with E-state index < -0.39 is 0 Å². The zero-order valence-corrected chi connectivity index (χ0v) is 10.7. The van der Waals surface area contributed by atoms with Crippen molar-refractivity contribution in [1.82, 2.24) is 4.98 Å². The van der Waals surface area contributed by atoms with Gasteiger partial charge < -0.3 is 4.74 Å². The van der Waals surface area contributed by atoms with Crippen LogP contribution in [0.4, 0.5) is 0 Å². The van der Waals surface area contributed by atoms with Crippen molar-refractivity contribution in [1.29, 1.82) is 0 Å². The lowest BCUT2D eigenvalue weighted by atomic mass is 10.0. The fourth-order valence-corrected chi connectivity index (χ4v) is 1.72. The average molecular weight is 243 g/mol. The minimum Gasteiger partial charge on any atom is -0.485 e. The molecule has 3 heteroatoms. The molecule has 0 aliphatic heterocycles. The van der Waals surface area contributed by atoms with Gasteiger partial charge in [0.25, 0.3) is 0 Å². The fourth-order valence-electron chi connectivity index (χ4n) is 1.72. The Bertz CT molecular complexity index is 546. The third-order valence-corrected chi connectivity index (χ3v) is 3.14. The van der Waals surface area contributed by atoms with Crippen LogP contribution in [0, 0.1) is 5.92 Å². The first-order chi connectivity index (χ1) is 8.72. The molecule has 0 spiro atoms. The van der Waals surface area contributed by atoms with Crippen molar-refractivity contribution in [2.45, 2.75) is 20.3 Å². The average Bonchev–Trinajstić information content (AvgIpc) is 2.43. The van der Waals surface area contributed by atoms with E-state index >= 15 is 0 Å². The fraction of sp³-hybridized carbons (Fsp3) is 0.333. The molecule has 3 nitrogen and oxygen atoms in total. The highest BCUT2D eigenvalue weighted by Crippen LogP contribution is 2.23. The van der Waals surface area contributed by atoms with Crippen LogP contribution in [0.5, 0.6) is 5.75 Å². The van der Waals surface area contributed by atoms with Crippen molar-refractivity contribution in [3.8, 4) is 5.75 Å². The SMILES string of the molecule is CCC(C)C(=O)COc1cccc2ncccc12. The van der Waals surface area contributed by atoms with Crippen LogP contribution < -0.4 is 4.74 Å². The molecule has 0 fully saturated rings. The molecule has 1 aromatic carbocycles. The van der Waals surface area contributed by atoms with E-state index in [1.807, 2.05) is 44.2 Å². The predicted molar refractivity (Wildman–Crippen MR) is 71.7 cm³/mol. The number of hydrogen-bond acceptors (Lipinski definition) is 3. The number of pyridine rings is 1. The second-order valence-electron chi connectivity index (χ2n) is 4.39. The molecule has 1 unspecified atom stereocenters. The smallest absolute Gasteiger partial charge is 0.172 e. The summed E-state index contributed by atoms with van der Waals surface area (Å²) in [6.07, 6.45) is 2.59. The molecule has 0 N–H and O–H groups in total. The maximum absolute atomic E-state index is 11.7. The molecule has 0 saturated carbocycles. The van der Waals surface area contributed by atoms with E-state index in [0.717, 1.165) is 23.1 Å². The number of aromatic nitrogens is 1. The molecule has 1 aromatic heterocycles. The van der Waals surface area contributed by atoms with Gasteiger partial charge in [-0.25, -0.2) is 0 Å². The van der Waals surface area contributed by atoms with Gasteiger partial charge in [0.15, 0.2) is 5.78 Å². The molecule has 2 rings (SSSR count). The van der Waals surface area contributed by atoms with E-state index in [2.05, 4.69) is 4.98 Å². The number of carbonyl (C=O) groups is 1. The summed E-state index contributed by atoms with van der Waals surface area (Å²) in [5.41, 5.74) is 0.881. The van der Waals surface area contributed by atoms with E-state index in [1.54, 1.807) is 6.20 Å². The Hall–Kier alpha value is -1.90. The molecule has 2 aromatic rings. The number of nitrogens with zero attached hydrogens (tertiary/aromatic N) is 1. The van der Waals surface area contributed by atoms with Crippen LogP contribution in [0.15, 0.2) is 36.5 Å². The van der Waals surface area contributed by atoms with Gasteiger partial charge in [0, 0.05) is 17.5 Å². The van der Waals surface area contributed by atoms with E-state index in [4.69, 9.17) is 4.74 Å². The van der Waals surface area contributed by atoms with Crippen LogP contribution in [0.25, 0.3) is 10.9 Å². The van der Waals surface area contributed by atoms with Crippen LogP contribution in [-0.4, -0.2) is 17.4 Å². The molecule has 1 heterocycles. The minimum absolute atomic E-state index is 0.0538. The number of benzene rings is 1. The van der Waals surface area contributed by atoms with Crippen molar-refractivity contribution in [2.24, 2.45) is 5.92 Å². The zero-order valence-electron chi connectivity index (χ0n) is 10.7. The molecule has 1 atom stereocenters. The molecular weight excluding hydrogens is 226 g/mol. The van der Waals surface area contributed by atoms with Gasteiger partial charge in [-0.1, -0.05) is 19.9 Å². The Balaban J connectivity index is 2.15. The highest BCUT2D eigenvalue weighted by atomic mass is 16.5. The first kappa shape index (κ1) is 12.6. The summed E-state index contributed by atoms with van der Waals surface area (Å²) in [6.45, 7) is 4.06. The first-order valence-corrected chi connectivity index (χ1v) is 6.21. The lowest BCUT2D eigenvalue weighted by molar-refractivity contribution is -0.124. The number of carbonyl (C=O) groups excluding carboxylic acids is 1. The normalized spacial score (nSPS) is 12.3. The van der Waals surface area contributed by atoms with Gasteiger partial charge in [0.2, 0.25) is 0 Å². The molecule has 0 aliphatic carbocycles. The van der Waals surface area contributed by atoms with Crippen LogP contribution in [-0.2, 0) is 4.79 Å². The second-order valence-corrected chi connectivity index (χ2v) is 4.39. The maximum atomic E-state index is 11.7. The van der Waals surface area contributed by atoms with E-state index in [1.165, 1.54) is 0 Å². The van der Waals surface area contributed by atoms with Crippen LogP contribution >= 0.6 is 0 Å². The van der Waals surface area contributed by atoms with Gasteiger partial charge in [-0.2, -0.15) is 0 Å². The third kappa shape index (κ3) is 2.67. The van der Waals surface area contributed by atoms with Crippen LogP contribution in [0.3, 0.4) is 0 Å². The largest absolute Gasteiger partial charge is 0.485 e. The Kier molecular flexibility index (Phi) is 3.92. The lowest BCUT2D eigenvalue weighted by Gasteiger charge is -2.10. The summed E-state index contributed by atoms with van der Waals surface area (Å²) in [7, 11) is 0. The standard InChI is InChI=1S/C15H17NO2/c1-3-11(2)14(17)10-18-15-8-4-7-13-12(15)6-5-9-16-13/h4-9,11H,3,10H2,1-2H3. The van der Waals surface area contributed by atoms with E-state index in [9.17, 15) is 4.79 Å². The van der Waals surface area contributed by atoms with Crippen molar-refractivity contribution in [3.63, 3.8) is 0 Å². The van der Waals surface area contributed by atoms with Gasteiger partial charge in [0.1, 0.15) is 12.4 Å². The number of rotatable bonds is 5. The number of Topliss-reactive ketones (excluding diaryl/α,β-unsaturated/α-hetero) is 1. The Labute approximate surface area is 107 Å². The van der Waals surface area contributed by atoms with Gasteiger partial charge in [-0.15, -0.1) is 0 Å². The first-order valence-electron chi connectivity index (χ1n) is 6.21. The molecule has 18 heavy (non-hydrogen) atoms. The van der Waals surface area contributed by atoms with Crippen molar-refractivity contribution in [2.75, 3.05) is 6.61 Å². The summed E-state index contributed by atoms with van der Waals surface area (Å²) >= 11 is 0. The second kappa shape index (κ2) is 5.63. The number of hydrogen-bond donors (Lipinski definition) is 0. The minimum atomic E-state index is 0.0538. The molecule has 0 aliphatic rings. The lowest BCUT2D eigenvalue weighted by Crippen LogP contribution is -2.18. The maximum Gasteiger partial charge on any atom is 0.172 e. The highest BCUT2D eigenvalue weighted by Gasteiger charge is 2.12. The van der Waals surface area contributed by atoms with Crippen LogP contribution in [0.2, 0.25) is 0 Å². The van der Waals surface area contributed by atoms with Gasteiger partial charge in [-0.3, -0.25) is 9.78 Å². The summed E-state index contributed by atoms with van der Waals surface area (Å²) in [5, 5.41) is 0.942. The van der Waals surface area contributed by atoms with E-state index in [0.29, 0.717) is 0 Å². The predicted octanol–water partition coefficient (Wildman–Crippen LogP) is 3.23. The third-order valence-electron chi connectivity index (χ3n) is 3.14. The number of fused-ring (bicyclic) bond motifs is 1. The van der Waals surface area contributed by atoms with Gasteiger partial charge >= 0.3 is 0 Å². The summed E-state index contributed by atoms with van der Waals surface area (Å²) in [5.74, 6) is 0.911. The molecule has 0 radical (unpaired) electrons. The summed E-state index contributed by atoms with van der Waals surface area (Å²) in [4.78, 5) is 16.0. The Morgan fingerprint density at radius 2 is 2.17 bits per heavy atom. The Morgan fingerprint density at radius 1 is 1.33 bits per heavy atom. The molecule has 0 amide bonds. The molecule has 0 bridgehead atoms. The number of ether oxygens (including phenoxy) is 1. The zero-order chi connectivity index (χ0) is 13.0. The van der Waals surface area contributed by atoms with Crippen LogP contribution in [0.1, 0.15) is 20.3 Å². The van der Waals surface area contributed by atoms with Crippen molar-refractivity contribution >= 4 is 16.7 Å². The molecule has 94 valence electrons. The van der Waals surface area contributed by atoms with Crippen molar-refractivity contribution < 1.29 is 9.53 Å². The topological polar surface area (TPSA) is 39.2 Å². The van der Waals surface area contributed by atoms with Gasteiger partial charge in [-0.05, 0) is 30.7 Å².